The van der Waals surface area contributed by atoms with Crippen molar-refractivity contribution in [1.82, 2.24) is 4.90 Å². The zero-order valence-electron chi connectivity index (χ0n) is 9.78. The van der Waals surface area contributed by atoms with Gasteiger partial charge in [0.25, 0.3) is 0 Å². The second kappa shape index (κ2) is 4.69. The van der Waals surface area contributed by atoms with Crippen LogP contribution in [0.15, 0.2) is 0 Å². The summed E-state index contributed by atoms with van der Waals surface area (Å²) in [6.07, 6.45) is 3.00. The van der Waals surface area contributed by atoms with Gasteiger partial charge in [-0.25, -0.2) is 0 Å². The molecule has 2 heterocycles. The molecule has 2 saturated heterocycles. The predicted octanol–water partition coefficient (Wildman–Crippen LogP) is -0.258. The maximum Gasteiger partial charge on any atom is 0.236 e. The number of carbonyl (C=O) groups is 1. The lowest BCUT2D eigenvalue weighted by atomic mass is 9.91. The molecule has 2 aliphatic rings. The molecule has 2 N–H and O–H groups in total. The summed E-state index contributed by atoms with van der Waals surface area (Å²) in [6, 6.07) is 0. The fraction of sp³-hybridized carbons (Fsp3) is 0.909. The third kappa shape index (κ3) is 2.21. The minimum atomic E-state index is -0.177. The molecule has 0 unspecified atom stereocenters. The highest BCUT2D eigenvalue weighted by Gasteiger charge is 2.44. The number of hydrogen-bond donors (Lipinski definition) is 1. The van der Waals surface area contributed by atoms with Crippen LogP contribution in [0.1, 0.15) is 19.3 Å². The molecule has 2 atom stereocenters. The normalized spacial score (nSPS) is 34.6. The van der Waals surface area contributed by atoms with Crippen molar-refractivity contribution in [1.29, 1.82) is 0 Å². The second-order valence-electron chi connectivity index (χ2n) is 4.65. The van der Waals surface area contributed by atoms with Crippen molar-refractivity contribution in [3.05, 3.63) is 0 Å². The van der Waals surface area contributed by atoms with Crippen LogP contribution in [0.4, 0.5) is 0 Å². The molecule has 5 nitrogen and oxygen atoms in total. The van der Waals surface area contributed by atoms with Crippen LogP contribution in [0.25, 0.3) is 0 Å². The molecule has 1 spiro atoms. The van der Waals surface area contributed by atoms with Gasteiger partial charge >= 0.3 is 0 Å². The summed E-state index contributed by atoms with van der Waals surface area (Å²) in [5.74, 6) is 0.0139. The predicted molar refractivity (Wildman–Crippen MR) is 59.0 cm³/mol. The van der Waals surface area contributed by atoms with Crippen molar-refractivity contribution in [3.8, 4) is 0 Å². The smallest absolute Gasteiger partial charge is 0.236 e. The van der Waals surface area contributed by atoms with E-state index in [2.05, 4.69) is 0 Å². The van der Waals surface area contributed by atoms with Crippen molar-refractivity contribution in [2.24, 2.45) is 5.73 Å². The summed E-state index contributed by atoms with van der Waals surface area (Å²) in [5, 5.41) is 0. The Labute approximate surface area is 95.9 Å². The van der Waals surface area contributed by atoms with E-state index in [9.17, 15) is 4.79 Å². The summed E-state index contributed by atoms with van der Waals surface area (Å²) >= 11 is 0. The van der Waals surface area contributed by atoms with Gasteiger partial charge in [0.1, 0.15) is 0 Å². The first-order valence-corrected chi connectivity index (χ1v) is 5.84. The van der Waals surface area contributed by atoms with E-state index in [-0.39, 0.29) is 24.2 Å². The summed E-state index contributed by atoms with van der Waals surface area (Å²) in [5.41, 5.74) is 5.19. The minimum absolute atomic E-state index is 0.0139. The molecule has 16 heavy (non-hydrogen) atoms. The van der Waals surface area contributed by atoms with Crippen molar-refractivity contribution in [2.75, 3.05) is 33.4 Å². The zero-order valence-corrected chi connectivity index (χ0v) is 9.78. The Kier molecular flexibility index (Phi) is 3.47. The standard InChI is InChI=1S/C11H20N2O3/c1-15-9-2-5-16-11(6-9)3-4-13(8-11)10(14)7-12/h9H,2-8,12H2,1H3/t9-,11+/m1/s1. The first kappa shape index (κ1) is 11.8. The van der Waals surface area contributed by atoms with Crippen LogP contribution in [0.5, 0.6) is 0 Å². The Morgan fingerprint density at radius 3 is 3.19 bits per heavy atom. The molecule has 1 amide bonds. The number of likely N-dealkylation sites (tertiary alicyclic amines) is 1. The van der Waals surface area contributed by atoms with Gasteiger partial charge in [-0.15, -0.1) is 0 Å². The van der Waals surface area contributed by atoms with E-state index in [4.69, 9.17) is 15.2 Å². The Bertz CT molecular complexity index is 272. The van der Waals surface area contributed by atoms with Crippen LogP contribution in [-0.2, 0) is 14.3 Å². The number of nitrogens with two attached hydrogens (primary N) is 1. The lowest BCUT2D eigenvalue weighted by Crippen LogP contribution is -2.46. The van der Waals surface area contributed by atoms with Crippen molar-refractivity contribution in [2.45, 2.75) is 31.0 Å². The van der Waals surface area contributed by atoms with Crippen molar-refractivity contribution < 1.29 is 14.3 Å². The highest BCUT2D eigenvalue weighted by molar-refractivity contribution is 5.78. The average molecular weight is 228 g/mol. The van der Waals surface area contributed by atoms with Gasteiger partial charge < -0.3 is 20.1 Å². The largest absolute Gasteiger partial charge is 0.381 e. The summed E-state index contributed by atoms with van der Waals surface area (Å²) < 4.78 is 11.3. The number of nitrogens with zero attached hydrogens (tertiary/aromatic N) is 1. The second-order valence-corrected chi connectivity index (χ2v) is 4.65. The van der Waals surface area contributed by atoms with Gasteiger partial charge in [-0.1, -0.05) is 0 Å². The molecule has 0 radical (unpaired) electrons. The Hall–Kier alpha value is -0.650. The van der Waals surface area contributed by atoms with Gasteiger partial charge in [0.05, 0.1) is 18.2 Å². The fourth-order valence-electron chi connectivity index (χ4n) is 2.66. The number of carbonyl (C=O) groups excluding carboxylic acids is 1. The van der Waals surface area contributed by atoms with Gasteiger partial charge in [-0.05, 0) is 12.8 Å². The first-order chi connectivity index (χ1) is 7.69. The maximum absolute atomic E-state index is 11.5. The van der Waals surface area contributed by atoms with Crippen LogP contribution in [0.2, 0.25) is 0 Å². The van der Waals surface area contributed by atoms with Crippen LogP contribution >= 0.6 is 0 Å². The maximum atomic E-state index is 11.5. The number of rotatable bonds is 2. The Morgan fingerprint density at radius 2 is 2.50 bits per heavy atom. The van der Waals surface area contributed by atoms with Gasteiger partial charge in [-0.3, -0.25) is 4.79 Å². The quantitative estimate of drug-likeness (QED) is 0.707. The molecule has 0 bridgehead atoms. The number of ether oxygens (including phenoxy) is 2. The topological polar surface area (TPSA) is 64.8 Å². The molecular weight excluding hydrogens is 208 g/mol. The summed E-state index contributed by atoms with van der Waals surface area (Å²) in [7, 11) is 1.74. The Balaban J connectivity index is 1.97. The van der Waals surface area contributed by atoms with Crippen LogP contribution in [0, 0.1) is 0 Å². The molecular formula is C11H20N2O3. The highest BCUT2D eigenvalue weighted by atomic mass is 16.5. The van der Waals surface area contributed by atoms with Crippen LogP contribution < -0.4 is 5.73 Å². The number of methoxy groups -OCH3 is 1. The van der Waals surface area contributed by atoms with E-state index >= 15 is 0 Å². The molecule has 2 aliphatic heterocycles. The van der Waals surface area contributed by atoms with E-state index < -0.39 is 0 Å². The van der Waals surface area contributed by atoms with Gasteiger partial charge in [0, 0.05) is 33.2 Å². The fourth-order valence-corrected chi connectivity index (χ4v) is 2.66. The van der Waals surface area contributed by atoms with Gasteiger partial charge in [-0.2, -0.15) is 0 Å². The van der Waals surface area contributed by atoms with Crippen LogP contribution in [-0.4, -0.2) is 55.9 Å². The Morgan fingerprint density at radius 1 is 1.69 bits per heavy atom. The zero-order chi connectivity index (χ0) is 11.6. The lowest BCUT2D eigenvalue weighted by Gasteiger charge is -2.37. The van der Waals surface area contributed by atoms with E-state index in [1.165, 1.54) is 0 Å². The van der Waals surface area contributed by atoms with E-state index in [1.807, 2.05) is 0 Å². The lowest BCUT2D eigenvalue weighted by molar-refractivity contribution is -0.136. The van der Waals surface area contributed by atoms with E-state index in [0.717, 1.165) is 32.4 Å². The molecule has 2 fully saturated rings. The molecule has 5 heteroatoms. The molecule has 0 aromatic carbocycles. The minimum Gasteiger partial charge on any atom is -0.381 e. The highest BCUT2D eigenvalue weighted by Crippen LogP contribution is 2.34. The van der Waals surface area contributed by atoms with Crippen molar-refractivity contribution >= 4 is 5.91 Å². The number of hydrogen-bond acceptors (Lipinski definition) is 4. The summed E-state index contributed by atoms with van der Waals surface area (Å²) in [4.78, 5) is 13.3. The number of amides is 1. The monoisotopic (exact) mass is 228 g/mol. The third-order valence-electron chi connectivity index (χ3n) is 3.62. The van der Waals surface area contributed by atoms with E-state index in [1.54, 1.807) is 12.0 Å². The molecule has 0 aliphatic carbocycles. The van der Waals surface area contributed by atoms with Gasteiger partial charge in [0.2, 0.25) is 5.91 Å². The third-order valence-corrected chi connectivity index (χ3v) is 3.62. The van der Waals surface area contributed by atoms with Crippen molar-refractivity contribution in [3.63, 3.8) is 0 Å². The molecule has 0 aromatic rings. The molecule has 0 aromatic heterocycles. The van der Waals surface area contributed by atoms with E-state index in [0.29, 0.717) is 6.54 Å². The summed E-state index contributed by atoms with van der Waals surface area (Å²) in [6.45, 7) is 2.24. The van der Waals surface area contributed by atoms with Gasteiger partial charge in [0.15, 0.2) is 0 Å². The van der Waals surface area contributed by atoms with Crippen LogP contribution in [0.3, 0.4) is 0 Å². The molecule has 0 saturated carbocycles. The first-order valence-electron chi connectivity index (χ1n) is 5.84. The molecule has 2 rings (SSSR count). The average Bonchev–Trinajstić information content (AvgIpc) is 2.72. The molecule has 92 valence electrons. The SMILES string of the molecule is CO[C@@H]1CCO[C@@]2(CCN(C(=O)CN)C2)C1.